The summed E-state index contributed by atoms with van der Waals surface area (Å²) >= 11 is 0. The summed E-state index contributed by atoms with van der Waals surface area (Å²) in [5, 5.41) is 3.45. The molecule has 1 saturated heterocycles. The molecule has 0 radical (unpaired) electrons. The molecule has 19 heavy (non-hydrogen) atoms. The van der Waals surface area contributed by atoms with Crippen molar-refractivity contribution in [2.45, 2.75) is 52.4 Å². The van der Waals surface area contributed by atoms with Gasteiger partial charge in [-0.25, -0.2) is 9.97 Å². The fourth-order valence-corrected chi connectivity index (χ4v) is 2.66. The maximum Gasteiger partial charge on any atom is 0.137 e. The van der Waals surface area contributed by atoms with Gasteiger partial charge in [-0.1, -0.05) is 20.8 Å². The third-order valence-electron chi connectivity index (χ3n) is 3.64. The van der Waals surface area contributed by atoms with Gasteiger partial charge in [0.25, 0.3) is 0 Å². The van der Waals surface area contributed by atoms with E-state index in [0.717, 1.165) is 37.7 Å². The van der Waals surface area contributed by atoms with E-state index in [2.05, 4.69) is 41.0 Å². The molecule has 1 aromatic heterocycles. The predicted molar refractivity (Wildman–Crippen MR) is 81.0 cm³/mol. The first-order valence-corrected chi connectivity index (χ1v) is 7.57. The number of hydrogen-bond donors (Lipinski definition) is 1. The molecule has 0 aromatic carbocycles. The van der Waals surface area contributed by atoms with Crippen molar-refractivity contribution in [1.82, 2.24) is 9.97 Å². The summed E-state index contributed by atoms with van der Waals surface area (Å²) in [6.07, 6.45) is 6.71. The molecule has 0 unspecified atom stereocenters. The normalized spacial score (nSPS) is 15.9. The van der Waals surface area contributed by atoms with Crippen molar-refractivity contribution in [3.8, 4) is 0 Å². The minimum absolute atomic E-state index is 0.442. The number of nitrogens with one attached hydrogen (secondary N) is 1. The van der Waals surface area contributed by atoms with Crippen LogP contribution in [0.15, 0.2) is 6.33 Å². The standard InChI is InChI=1S/C15H26N4/c1-4-8-16-14-13(12(2)3)15(18-11-17-14)19-9-6-5-7-10-19/h11-12H,4-10H2,1-3H3,(H,16,17,18). The Morgan fingerprint density at radius 1 is 1.21 bits per heavy atom. The fourth-order valence-electron chi connectivity index (χ4n) is 2.66. The Labute approximate surface area is 116 Å². The van der Waals surface area contributed by atoms with Gasteiger partial charge in [0.2, 0.25) is 0 Å². The number of anilines is 2. The lowest BCUT2D eigenvalue weighted by atomic mass is 10.0. The van der Waals surface area contributed by atoms with Crippen molar-refractivity contribution in [3.63, 3.8) is 0 Å². The van der Waals surface area contributed by atoms with E-state index in [0.29, 0.717) is 5.92 Å². The molecule has 0 bridgehead atoms. The van der Waals surface area contributed by atoms with Crippen LogP contribution in [0.1, 0.15) is 57.9 Å². The molecular weight excluding hydrogens is 236 g/mol. The first-order valence-electron chi connectivity index (χ1n) is 7.57. The second kappa shape index (κ2) is 6.73. The molecule has 2 rings (SSSR count). The van der Waals surface area contributed by atoms with Gasteiger partial charge < -0.3 is 10.2 Å². The smallest absolute Gasteiger partial charge is 0.137 e. The van der Waals surface area contributed by atoms with E-state index in [9.17, 15) is 0 Å². The zero-order valence-electron chi connectivity index (χ0n) is 12.4. The SMILES string of the molecule is CCCNc1ncnc(N2CCCCC2)c1C(C)C. The molecule has 2 heterocycles. The predicted octanol–water partition coefficient (Wildman–Crippen LogP) is 3.41. The Morgan fingerprint density at radius 3 is 2.58 bits per heavy atom. The van der Waals surface area contributed by atoms with Gasteiger partial charge in [-0.05, 0) is 31.6 Å². The molecule has 1 N–H and O–H groups in total. The summed E-state index contributed by atoms with van der Waals surface area (Å²) in [6, 6.07) is 0. The summed E-state index contributed by atoms with van der Waals surface area (Å²) in [6.45, 7) is 9.85. The first kappa shape index (κ1) is 14.1. The van der Waals surface area contributed by atoms with Crippen LogP contribution in [0, 0.1) is 0 Å². The van der Waals surface area contributed by atoms with Crippen LogP contribution < -0.4 is 10.2 Å². The number of hydrogen-bond acceptors (Lipinski definition) is 4. The molecule has 4 nitrogen and oxygen atoms in total. The monoisotopic (exact) mass is 262 g/mol. The fraction of sp³-hybridized carbons (Fsp3) is 0.733. The van der Waals surface area contributed by atoms with E-state index in [1.807, 2.05) is 0 Å². The minimum atomic E-state index is 0.442. The van der Waals surface area contributed by atoms with Gasteiger partial charge in [0, 0.05) is 25.2 Å². The highest BCUT2D eigenvalue weighted by molar-refractivity contribution is 5.60. The van der Waals surface area contributed by atoms with Gasteiger partial charge in [0.15, 0.2) is 0 Å². The van der Waals surface area contributed by atoms with Gasteiger partial charge in [-0.2, -0.15) is 0 Å². The second-order valence-corrected chi connectivity index (χ2v) is 5.59. The number of rotatable bonds is 5. The average Bonchev–Trinajstić information content (AvgIpc) is 2.45. The second-order valence-electron chi connectivity index (χ2n) is 5.59. The summed E-state index contributed by atoms with van der Waals surface area (Å²) in [7, 11) is 0. The summed E-state index contributed by atoms with van der Waals surface area (Å²) < 4.78 is 0. The van der Waals surface area contributed by atoms with Gasteiger partial charge in [-0.15, -0.1) is 0 Å². The molecule has 0 amide bonds. The van der Waals surface area contributed by atoms with Crippen molar-refractivity contribution in [3.05, 3.63) is 11.9 Å². The highest BCUT2D eigenvalue weighted by Crippen LogP contribution is 2.32. The Hall–Kier alpha value is -1.32. The van der Waals surface area contributed by atoms with Crippen LogP contribution in [0.3, 0.4) is 0 Å². The summed E-state index contributed by atoms with van der Waals surface area (Å²) in [4.78, 5) is 11.4. The third kappa shape index (κ3) is 3.37. The molecule has 0 saturated carbocycles. The van der Waals surface area contributed by atoms with Crippen LogP contribution in [-0.2, 0) is 0 Å². The topological polar surface area (TPSA) is 41.1 Å². The van der Waals surface area contributed by atoms with Crippen molar-refractivity contribution < 1.29 is 0 Å². The minimum Gasteiger partial charge on any atom is -0.370 e. The zero-order chi connectivity index (χ0) is 13.7. The molecule has 0 aliphatic carbocycles. The molecule has 1 fully saturated rings. The molecule has 106 valence electrons. The molecule has 0 atom stereocenters. The van der Waals surface area contributed by atoms with Crippen LogP contribution in [0.2, 0.25) is 0 Å². The number of nitrogens with zero attached hydrogens (tertiary/aromatic N) is 3. The lowest BCUT2D eigenvalue weighted by molar-refractivity contribution is 0.570. The molecule has 1 aromatic rings. The lowest BCUT2D eigenvalue weighted by Gasteiger charge is -2.30. The van der Waals surface area contributed by atoms with Crippen molar-refractivity contribution in [1.29, 1.82) is 0 Å². The quantitative estimate of drug-likeness (QED) is 0.883. The van der Waals surface area contributed by atoms with Crippen LogP contribution in [0.25, 0.3) is 0 Å². The molecule has 4 heteroatoms. The van der Waals surface area contributed by atoms with Gasteiger partial charge in [0.05, 0.1) is 0 Å². The average molecular weight is 262 g/mol. The van der Waals surface area contributed by atoms with Crippen molar-refractivity contribution in [2.24, 2.45) is 0 Å². The molecule has 1 aliphatic heterocycles. The van der Waals surface area contributed by atoms with Crippen molar-refractivity contribution in [2.75, 3.05) is 29.9 Å². The van der Waals surface area contributed by atoms with E-state index in [-0.39, 0.29) is 0 Å². The van der Waals surface area contributed by atoms with Crippen LogP contribution in [-0.4, -0.2) is 29.6 Å². The highest BCUT2D eigenvalue weighted by Gasteiger charge is 2.20. The van der Waals surface area contributed by atoms with Gasteiger partial charge in [0.1, 0.15) is 18.0 Å². The highest BCUT2D eigenvalue weighted by atomic mass is 15.2. The maximum atomic E-state index is 4.57. The summed E-state index contributed by atoms with van der Waals surface area (Å²) in [5.74, 6) is 2.60. The van der Waals surface area contributed by atoms with Crippen LogP contribution >= 0.6 is 0 Å². The molecule has 1 aliphatic rings. The first-order chi connectivity index (χ1) is 9.24. The Kier molecular flexibility index (Phi) is 5.00. The Bertz CT molecular complexity index is 397. The van der Waals surface area contributed by atoms with Crippen LogP contribution in [0.4, 0.5) is 11.6 Å². The zero-order valence-corrected chi connectivity index (χ0v) is 12.4. The van der Waals surface area contributed by atoms with Crippen LogP contribution in [0.5, 0.6) is 0 Å². The molecular formula is C15H26N4. The summed E-state index contributed by atoms with van der Waals surface area (Å²) in [5.41, 5.74) is 1.28. The van der Waals surface area contributed by atoms with E-state index in [1.165, 1.54) is 24.8 Å². The maximum absolute atomic E-state index is 4.57. The Balaban J connectivity index is 2.30. The van der Waals surface area contributed by atoms with Gasteiger partial charge >= 0.3 is 0 Å². The Morgan fingerprint density at radius 2 is 1.95 bits per heavy atom. The lowest BCUT2D eigenvalue weighted by Crippen LogP contribution is -2.31. The van der Waals surface area contributed by atoms with E-state index >= 15 is 0 Å². The van der Waals surface area contributed by atoms with Gasteiger partial charge in [-0.3, -0.25) is 0 Å². The third-order valence-corrected chi connectivity index (χ3v) is 3.64. The number of aromatic nitrogens is 2. The van der Waals surface area contributed by atoms with E-state index in [4.69, 9.17) is 0 Å². The van der Waals surface area contributed by atoms with Crippen molar-refractivity contribution >= 4 is 11.6 Å². The largest absolute Gasteiger partial charge is 0.370 e. The van der Waals surface area contributed by atoms with E-state index in [1.54, 1.807) is 6.33 Å². The molecule has 0 spiro atoms. The number of piperidine rings is 1. The van der Waals surface area contributed by atoms with E-state index < -0.39 is 0 Å².